The molecule has 0 aromatic heterocycles. The van der Waals surface area contributed by atoms with E-state index in [1.807, 2.05) is 6.07 Å². The topological polar surface area (TPSA) is 30.5 Å². The molecule has 0 aliphatic carbocycles. The molecule has 4 atom stereocenters. The minimum atomic E-state index is -0.189. The van der Waals surface area contributed by atoms with Gasteiger partial charge in [-0.15, -0.1) is 0 Å². The lowest BCUT2D eigenvalue weighted by Gasteiger charge is -2.32. The molecule has 3 aliphatic heterocycles. The third-order valence-electron chi connectivity index (χ3n) is 4.78. The van der Waals surface area contributed by atoms with Crippen molar-refractivity contribution in [3.63, 3.8) is 0 Å². The van der Waals surface area contributed by atoms with Crippen molar-refractivity contribution < 1.29 is 9.47 Å². The maximum atomic E-state index is 6.09. The van der Waals surface area contributed by atoms with Crippen molar-refractivity contribution in [3.8, 4) is 5.75 Å². The first-order valence-electron chi connectivity index (χ1n) is 7.33. The van der Waals surface area contributed by atoms with Gasteiger partial charge >= 0.3 is 0 Å². The Hall–Kier alpha value is -1.06. The first kappa shape index (κ1) is 11.7. The lowest BCUT2D eigenvalue weighted by molar-refractivity contribution is 0.0728. The van der Waals surface area contributed by atoms with Crippen molar-refractivity contribution in [2.24, 2.45) is 0 Å². The second kappa shape index (κ2) is 3.97. The Morgan fingerprint density at radius 3 is 2.79 bits per heavy atom. The Morgan fingerprint density at radius 1 is 1.21 bits per heavy atom. The summed E-state index contributed by atoms with van der Waals surface area (Å²) in [7, 11) is 0. The van der Waals surface area contributed by atoms with Gasteiger partial charge in [-0.1, -0.05) is 18.2 Å². The summed E-state index contributed by atoms with van der Waals surface area (Å²) < 4.78 is 12.0. The molecule has 3 heteroatoms. The van der Waals surface area contributed by atoms with Crippen molar-refractivity contribution in [3.05, 3.63) is 29.8 Å². The molecule has 2 bridgehead atoms. The monoisotopic (exact) mass is 259 g/mol. The fourth-order valence-electron chi connectivity index (χ4n) is 3.85. The smallest absolute Gasteiger partial charge is 0.125 e. The summed E-state index contributed by atoms with van der Waals surface area (Å²) in [5, 5.41) is 3.81. The van der Waals surface area contributed by atoms with Gasteiger partial charge in [0.05, 0.1) is 18.2 Å². The van der Waals surface area contributed by atoms with Crippen LogP contribution in [0.3, 0.4) is 0 Å². The summed E-state index contributed by atoms with van der Waals surface area (Å²) in [6, 6.07) is 9.12. The van der Waals surface area contributed by atoms with Gasteiger partial charge in [0.2, 0.25) is 0 Å². The number of benzene rings is 1. The summed E-state index contributed by atoms with van der Waals surface area (Å²) in [5.41, 5.74) is 1.10. The molecule has 4 unspecified atom stereocenters. The number of hydrogen-bond donors (Lipinski definition) is 1. The molecule has 19 heavy (non-hydrogen) atoms. The third kappa shape index (κ3) is 1.79. The number of fused-ring (bicyclic) bond motifs is 3. The largest absolute Gasteiger partial charge is 0.486 e. The minimum absolute atomic E-state index is 0.189. The summed E-state index contributed by atoms with van der Waals surface area (Å²) >= 11 is 0. The van der Waals surface area contributed by atoms with Gasteiger partial charge in [0.25, 0.3) is 0 Å². The van der Waals surface area contributed by atoms with Crippen molar-refractivity contribution in [1.82, 2.24) is 5.32 Å². The van der Waals surface area contributed by atoms with Crippen molar-refractivity contribution in [2.75, 3.05) is 0 Å². The molecule has 2 saturated heterocycles. The molecule has 3 heterocycles. The van der Waals surface area contributed by atoms with E-state index in [2.05, 4.69) is 37.4 Å². The molecule has 1 N–H and O–H groups in total. The number of para-hydroxylation sites is 1. The van der Waals surface area contributed by atoms with E-state index < -0.39 is 0 Å². The quantitative estimate of drug-likeness (QED) is 0.886. The van der Waals surface area contributed by atoms with Gasteiger partial charge < -0.3 is 14.8 Å². The minimum Gasteiger partial charge on any atom is -0.486 e. The Labute approximate surface area is 114 Å². The van der Waals surface area contributed by atoms with Crippen LogP contribution in [0.1, 0.15) is 44.7 Å². The van der Waals surface area contributed by atoms with E-state index in [1.165, 1.54) is 18.4 Å². The van der Waals surface area contributed by atoms with E-state index in [4.69, 9.17) is 9.47 Å². The predicted molar refractivity (Wildman–Crippen MR) is 73.3 cm³/mol. The molecule has 2 fully saturated rings. The SMILES string of the molecule is CC1(C)Oc2ccccc2C1NC1CC2CCC1O2. The Kier molecular flexibility index (Phi) is 2.45. The van der Waals surface area contributed by atoms with Crippen molar-refractivity contribution >= 4 is 0 Å². The van der Waals surface area contributed by atoms with Crippen LogP contribution in [-0.2, 0) is 4.74 Å². The second-order valence-corrected chi connectivity index (χ2v) is 6.56. The molecular formula is C16H21NO2. The molecule has 3 aliphatic rings. The van der Waals surface area contributed by atoms with Gasteiger partial charge in [-0.05, 0) is 39.2 Å². The highest BCUT2D eigenvalue weighted by Crippen LogP contribution is 2.44. The summed E-state index contributed by atoms with van der Waals surface area (Å²) in [4.78, 5) is 0. The molecule has 1 aromatic rings. The van der Waals surface area contributed by atoms with Gasteiger partial charge in [-0.25, -0.2) is 0 Å². The highest BCUT2D eigenvalue weighted by atomic mass is 16.5. The van der Waals surface area contributed by atoms with Gasteiger partial charge in [0, 0.05) is 11.6 Å². The fourth-order valence-corrected chi connectivity index (χ4v) is 3.85. The number of rotatable bonds is 2. The number of nitrogens with one attached hydrogen (secondary N) is 1. The molecule has 4 rings (SSSR count). The molecule has 3 nitrogen and oxygen atoms in total. The highest BCUT2D eigenvalue weighted by molar-refractivity contribution is 5.42. The Bertz CT molecular complexity index is 499. The van der Waals surface area contributed by atoms with Gasteiger partial charge in [-0.2, -0.15) is 0 Å². The van der Waals surface area contributed by atoms with Crippen LogP contribution in [0.2, 0.25) is 0 Å². The van der Waals surface area contributed by atoms with E-state index in [9.17, 15) is 0 Å². The molecule has 0 amide bonds. The molecular weight excluding hydrogens is 238 g/mol. The normalized spacial score (nSPS) is 38.2. The Balaban J connectivity index is 1.60. The first-order valence-corrected chi connectivity index (χ1v) is 7.33. The van der Waals surface area contributed by atoms with E-state index in [-0.39, 0.29) is 11.6 Å². The second-order valence-electron chi connectivity index (χ2n) is 6.56. The van der Waals surface area contributed by atoms with Gasteiger partial charge in [0.1, 0.15) is 11.4 Å². The summed E-state index contributed by atoms with van der Waals surface area (Å²) in [6.07, 6.45) is 4.50. The average molecular weight is 259 g/mol. The Morgan fingerprint density at radius 2 is 2.05 bits per heavy atom. The van der Waals surface area contributed by atoms with Crippen LogP contribution in [-0.4, -0.2) is 23.9 Å². The lowest BCUT2D eigenvalue weighted by Crippen LogP contribution is -2.47. The fraction of sp³-hybridized carbons (Fsp3) is 0.625. The van der Waals surface area contributed by atoms with Crippen LogP contribution >= 0.6 is 0 Å². The summed E-state index contributed by atoms with van der Waals surface area (Å²) in [5.74, 6) is 1.02. The van der Waals surface area contributed by atoms with Crippen molar-refractivity contribution in [2.45, 2.75) is 63.0 Å². The van der Waals surface area contributed by atoms with Crippen molar-refractivity contribution in [1.29, 1.82) is 0 Å². The van der Waals surface area contributed by atoms with Gasteiger partial charge in [-0.3, -0.25) is 0 Å². The molecule has 1 aromatic carbocycles. The van der Waals surface area contributed by atoms with Crippen LogP contribution in [0.4, 0.5) is 0 Å². The van der Waals surface area contributed by atoms with Crippen LogP contribution in [0, 0.1) is 0 Å². The average Bonchev–Trinajstić information content (AvgIpc) is 3.03. The molecule has 0 radical (unpaired) electrons. The summed E-state index contributed by atoms with van der Waals surface area (Å²) in [6.45, 7) is 4.33. The van der Waals surface area contributed by atoms with Crippen LogP contribution in [0.5, 0.6) is 5.75 Å². The molecule has 0 spiro atoms. The number of hydrogen-bond acceptors (Lipinski definition) is 3. The maximum Gasteiger partial charge on any atom is 0.125 e. The standard InChI is InChI=1S/C16H21NO2/c1-16(2)15(11-5-3-4-6-13(11)19-16)17-12-9-10-7-8-14(12)18-10/h3-6,10,12,14-15,17H,7-9H2,1-2H3. The van der Waals surface area contributed by atoms with E-state index in [0.29, 0.717) is 18.2 Å². The maximum absolute atomic E-state index is 6.09. The van der Waals surface area contributed by atoms with Crippen LogP contribution in [0.15, 0.2) is 24.3 Å². The number of ether oxygens (including phenoxy) is 2. The predicted octanol–water partition coefficient (Wildman–Crippen LogP) is 2.81. The third-order valence-corrected chi connectivity index (χ3v) is 4.78. The van der Waals surface area contributed by atoms with Gasteiger partial charge in [0.15, 0.2) is 0 Å². The zero-order valence-corrected chi connectivity index (χ0v) is 11.6. The molecule has 102 valence electrons. The van der Waals surface area contributed by atoms with Crippen LogP contribution < -0.4 is 10.1 Å². The highest BCUT2D eigenvalue weighted by Gasteiger charge is 2.46. The van der Waals surface area contributed by atoms with E-state index >= 15 is 0 Å². The van der Waals surface area contributed by atoms with E-state index in [1.54, 1.807) is 0 Å². The van der Waals surface area contributed by atoms with E-state index in [0.717, 1.165) is 12.2 Å². The lowest BCUT2D eigenvalue weighted by atomic mass is 9.90. The molecule has 0 saturated carbocycles. The zero-order chi connectivity index (χ0) is 13.0. The van der Waals surface area contributed by atoms with Crippen LogP contribution in [0.25, 0.3) is 0 Å². The first-order chi connectivity index (χ1) is 9.13. The zero-order valence-electron chi connectivity index (χ0n) is 11.6.